The first-order chi connectivity index (χ1) is 9.85. The van der Waals surface area contributed by atoms with Crippen LogP contribution in [0.3, 0.4) is 0 Å². The van der Waals surface area contributed by atoms with Gasteiger partial charge in [-0.15, -0.1) is 0 Å². The van der Waals surface area contributed by atoms with E-state index in [1.807, 2.05) is 18.2 Å². The molecule has 0 bridgehead atoms. The Morgan fingerprint density at radius 2 is 1.95 bits per heavy atom. The van der Waals surface area contributed by atoms with Crippen molar-refractivity contribution in [2.75, 3.05) is 13.2 Å². The van der Waals surface area contributed by atoms with Gasteiger partial charge in [-0.2, -0.15) is 5.26 Å². The molecule has 0 N–H and O–H groups in total. The first-order valence-corrected chi connectivity index (χ1v) is 7.10. The Kier molecular flexibility index (Phi) is 3.75. The first-order valence-electron chi connectivity index (χ1n) is 6.29. The van der Waals surface area contributed by atoms with Gasteiger partial charge in [0, 0.05) is 17.5 Å². The number of nitrogens with zero attached hydrogens (tertiary/aromatic N) is 2. The van der Waals surface area contributed by atoms with Crippen LogP contribution >= 0.6 is 11.8 Å². The molecule has 0 saturated carbocycles. The van der Waals surface area contributed by atoms with E-state index in [4.69, 9.17) is 14.7 Å². The first kappa shape index (κ1) is 12.8. The van der Waals surface area contributed by atoms with Crippen LogP contribution in [0.2, 0.25) is 0 Å². The maximum absolute atomic E-state index is 8.89. The minimum atomic E-state index is 0.608. The maximum Gasteiger partial charge on any atom is 0.162 e. The molecule has 0 fully saturated rings. The van der Waals surface area contributed by atoms with Crippen molar-refractivity contribution < 1.29 is 9.47 Å². The van der Waals surface area contributed by atoms with Gasteiger partial charge in [-0.1, -0.05) is 11.8 Å². The molecule has 3 rings (SSSR count). The van der Waals surface area contributed by atoms with Crippen LogP contribution in [0.1, 0.15) is 12.0 Å². The highest BCUT2D eigenvalue weighted by molar-refractivity contribution is 7.99. The SMILES string of the molecule is N#Cc1ccnc(Sc2ccc3c(c2)OCCCO3)c1. The highest BCUT2D eigenvalue weighted by Crippen LogP contribution is 2.36. The smallest absolute Gasteiger partial charge is 0.162 e. The molecule has 2 heterocycles. The summed E-state index contributed by atoms with van der Waals surface area (Å²) < 4.78 is 11.3. The second kappa shape index (κ2) is 5.85. The average Bonchev–Trinajstić information content (AvgIpc) is 2.72. The molecule has 0 aliphatic carbocycles. The number of fused-ring (bicyclic) bond motifs is 1. The minimum absolute atomic E-state index is 0.608. The molecule has 4 nitrogen and oxygen atoms in total. The molecular formula is C15H12N2O2S. The lowest BCUT2D eigenvalue weighted by Gasteiger charge is -2.08. The third-order valence-corrected chi connectivity index (χ3v) is 3.73. The standard InChI is InChI=1S/C15H12N2O2S/c16-10-11-4-5-17-15(8-11)20-12-2-3-13-14(9-12)19-7-1-6-18-13/h2-5,8-9H,1,6-7H2. The Bertz CT molecular complexity index is 667. The summed E-state index contributed by atoms with van der Waals surface area (Å²) in [6.45, 7) is 1.36. The molecule has 1 aliphatic heterocycles. The van der Waals surface area contributed by atoms with Crippen molar-refractivity contribution in [2.24, 2.45) is 0 Å². The monoisotopic (exact) mass is 284 g/mol. The van der Waals surface area contributed by atoms with E-state index in [2.05, 4.69) is 11.1 Å². The zero-order valence-electron chi connectivity index (χ0n) is 10.7. The molecule has 1 aromatic carbocycles. The Morgan fingerprint density at radius 1 is 1.10 bits per heavy atom. The predicted octanol–water partition coefficient (Wildman–Crippen LogP) is 3.27. The van der Waals surface area contributed by atoms with Crippen LogP contribution in [0.25, 0.3) is 0 Å². The topological polar surface area (TPSA) is 55.1 Å². The van der Waals surface area contributed by atoms with Gasteiger partial charge in [0.15, 0.2) is 11.5 Å². The second-order valence-corrected chi connectivity index (χ2v) is 5.35. The zero-order valence-corrected chi connectivity index (χ0v) is 11.5. The molecule has 2 aromatic rings. The van der Waals surface area contributed by atoms with Crippen molar-refractivity contribution in [3.05, 3.63) is 42.1 Å². The minimum Gasteiger partial charge on any atom is -0.490 e. The normalized spacial score (nSPS) is 13.3. The summed E-state index contributed by atoms with van der Waals surface area (Å²) in [6.07, 6.45) is 2.53. The Labute approximate surface area is 121 Å². The number of rotatable bonds is 2. The van der Waals surface area contributed by atoms with Crippen LogP contribution in [0.5, 0.6) is 11.5 Å². The van der Waals surface area contributed by atoms with Crippen LogP contribution < -0.4 is 9.47 Å². The Balaban J connectivity index is 1.84. The summed E-state index contributed by atoms with van der Waals surface area (Å²) in [5, 5.41) is 9.68. The van der Waals surface area contributed by atoms with Crippen molar-refractivity contribution in [2.45, 2.75) is 16.3 Å². The average molecular weight is 284 g/mol. The molecule has 0 saturated heterocycles. The lowest BCUT2D eigenvalue weighted by Crippen LogP contribution is -1.97. The van der Waals surface area contributed by atoms with Gasteiger partial charge in [0.2, 0.25) is 0 Å². The van der Waals surface area contributed by atoms with Crippen molar-refractivity contribution in [1.29, 1.82) is 5.26 Å². The van der Waals surface area contributed by atoms with Gasteiger partial charge < -0.3 is 9.47 Å². The van der Waals surface area contributed by atoms with E-state index in [9.17, 15) is 0 Å². The van der Waals surface area contributed by atoms with E-state index in [1.54, 1.807) is 18.3 Å². The highest BCUT2D eigenvalue weighted by atomic mass is 32.2. The number of pyridine rings is 1. The fraction of sp³-hybridized carbons (Fsp3) is 0.200. The number of benzene rings is 1. The molecule has 0 amide bonds. The molecule has 1 aliphatic rings. The van der Waals surface area contributed by atoms with E-state index < -0.39 is 0 Å². The van der Waals surface area contributed by atoms with Gasteiger partial charge >= 0.3 is 0 Å². The van der Waals surface area contributed by atoms with E-state index in [-0.39, 0.29) is 0 Å². The van der Waals surface area contributed by atoms with Gasteiger partial charge in [-0.3, -0.25) is 0 Å². The number of nitriles is 1. The van der Waals surface area contributed by atoms with Gasteiger partial charge in [-0.25, -0.2) is 4.98 Å². The van der Waals surface area contributed by atoms with Gasteiger partial charge in [0.1, 0.15) is 5.03 Å². The van der Waals surface area contributed by atoms with Crippen LogP contribution in [-0.4, -0.2) is 18.2 Å². The molecule has 100 valence electrons. The molecule has 0 spiro atoms. The Hall–Kier alpha value is -2.19. The molecule has 0 atom stereocenters. The van der Waals surface area contributed by atoms with Crippen LogP contribution in [0.15, 0.2) is 46.5 Å². The van der Waals surface area contributed by atoms with Crippen molar-refractivity contribution in [3.63, 3.8) is 0 Å². The van der Waals surface area contributed by atoms with Crippen LogP contribution in [0, 0.1) is 11.3 Å². The van der Waals surface area contributed by atoms with E-state index in [0.717, 1.165) is 27.8 Å². The van der Waals surface area contributed by atoms with Crippen LogP contribution in [-0.2, 0) is 0 Å². The Morgan fingerprint density at radius 3 is 2.80 bits per heavy atom. The zero-order chi connectivity index (χ0) is 13.8. The molecule has 5 heteroatoms. The number of hydrogen-bond donors (Lipinski definition) is 0. The third-order valence-electron chi connectivity index (χ3n) is 2.81. The molecule has 0 radical (unpaired) electrons. The van der Waals surface area contributed by atoms with Gasteiger partial charge in [0.25, 0.3) is 0 Å². The van der Waals surface area contributed by atoms with E-state index in [0.29, 0.717) is 18.8 Å². The largest absolute Gasteiger partial charge is 0.490 e. The summed E-state index contributed by atoms with van der Waals surface area (Å²) in [4.78, 5) is 5.26. The van der Waals surface area contributed by atoms with Crippen molar-refractivity contribution >= 4 is 11.8 Å². The number of ether oxygens (including phenoxy) is 2. The number of aromatic nitrogens is 1. The lowest BCUT2D eigenvalue weighted by molar-refractivity contribution is 0.297. The van der Waals surface area contributed by atoms with Gasteiger partial charge in [-0.05, 0) is 30.3 Å². The summed E-state index contributed by atoms with van der Waals surface area (Å²) in [5.41, 5.74) is 0.608. The lowest BCUT2D eigenvalue weighted by atomic mass is 10.3. The van der Waals surface area contributed by atoms with Crippen molar-refractivity contribution in [1.82, 2.24) is 4.98 Å². The highest BCUT2D eigenvalue weighted by Gasteiger charge is 2.11. The molecular weight excluding hydrogens is 272 g/mol. The van der Waals surface area contributed by atoms with E-state index in [1.165, 1.54) is 11.8 Å². The summed E-state index contributed by atoms with van der Waals surface area (Å²) in [5.74, 6) is 1.55. The van der Waals surface area contributed by atoms with Crippen molar-refractivity contribution in [3.8, 4) is 17.6 Å². The number of hydrogen-bond acceptors (Lipinski definition) is 5. The summed E-state index contributed by atoms with van der Waals surface area (Å²) in [6, 6.07) is 11.4. The summed E-state index contributed by atoms with van der Waals surface area (Å²) in [7, 11) is 0. The predicted molar refractivity (Wildman–Crippen MR) is 75.1 cm³/mol. The quantitative estimate of drug-likeness (QED) is 0.847. The van der Waals surface area contributed by atoms with Gasteiger partial charge in [0.05, 0.1) is 24.8 Å². The molecule has 20 heavy (non-hydrogen) atoms. The second-order valence-electron chi connectivity index (χ2n) is 4.26. The van der Waals surface area contributed by atoms with E-state index >= 15 is 0 Å². The molecule has 1 aromatic heterocycles. The maximum atomic E-state index is 8.89. The fourth-order valence-corrected chi connectivity index (χ4v) is 2.71. The fourth-order valence-electron chi connectivity index (χ4n) is 1.86. The molecule has 0 unspecified atom stereocenters. The van der Waals surface area contributed by atoms with Crippen LogP contribution in [0.4, 0.5) is 0 Å². The summed E-state index contributed by atoms with van der Waals surface area (Å²) >= 11 is 1.50. The third kappa shape index (κ3) is 2.86.